The Morgan fingerprint density at radius 2 is 1.90 bits per heavy atom. The first-order valence-electron chi connectivity index (χ1n) is 7.29. The van der Waals surface area contributed by atoms with Crippen LogP contribution in [0.2, 0.25) is 0 Å². The fraction of sp³-hybridized carbons (Fsp3) is 0.294. The quantitative estimate of drug-likeness (QED) is 0.906. The van der Waals surface area contributed by atoms with E-state index in [9.17, 15) is 5.26 Å². The van der Waals surface area contributed by atoms with Crippen LogP contribution < -0.4 is 10.6 Å². The third-order valence-corrected chi connectivity index (χ3v) is 3.80. The number of hydrogen-bond acceptors (Lipinski definition) is 4. The molecule has 0 atom stereocenters. The molecule has 1 aliphatic heterocycles. The van der Waals surface area contributed by atoms with Crippen molar-refractivity contribution in [2.45, 2.75) is 18.9 Å². The smallest absolute Gasteiger partial charge is 0.144 e. The van der Waals surface area contributed by atoms with Gasteiger partial charge in [0.05, 0.1) is 5.56 Å². The molecule has 0 saturated carbocycles. The summed E-state index contributed by atoms with van der Waals surface area (Å²) in [6, 6.07) is 14.6. The van der Waals surface area contributed by atoms with Crippen LogP contribution >= 0.6 is 0 Å². The van der Waals surface area contributed by atoms with Crippen LogP contribution in [0, 0.1) is 11.3 Å². The lowest BCUT2D eigenvalue weighted by Crippen LogP contribution is -2.35. The van der Waals surface area contributed by atoms with Crippen LogP contribution in [0.15, 0.2) is 42.6 Å². The third-order valence-electron chi connectivity index (χ3n) is 3.80. The number of nitrogens with one attached hydrogen (secondary N) is 2. The molecule has 1 fully saturated rings. The molecule has 0 amide bonds. The Labute approximate surface area is 124 Å². The first kappa shape index (κ1) is 13.6. The van der Waals surface area contributed by atoms with Crippen molar-refractivity contribution in [3.05, 3.63) is 48.2 Å². The molecule has 3 rings (SSSR count). The molecule has 1 saturated heterocycles. The molecule has 2 heterocycles. The lowest BCUT2D eigenvalue weighted by molar-refractivity contribution is 0.478. The summed E-state index contributed by atoms with van der Waals surface area (Å²) < 4.78 is 0. The number of aromatic nitrogens is 1. The third kappa shape index (κ3) is 3.21. The van der Waals surface area contributed by atoms with E-state index in [0.29, 0.717) is 17.4 Å². The fourth-order valence-electron chi connectivity index (χ4n) is 2.61. The molecule has 0 aliphatic carbocycles. The Hall–Kier alpha value is -2.38. The number of rotatable bonds is 3. The van der Waals surface area contributed by atoms with Gasteiger partial charge >= 0.3 is 0 Å². The van der Waals surface area contributed by atoms with Gasteiger partial charge in [-0.05, 0) is 37.6 Å². The molecule has 21 heavy (non-hydrogen) atoms. The highest BCUT2D eigenvalue weighted by atomic mass is 15.0. The van der Waals surface area contributed by atoms with E-state index < -0.39 is 0 Å². The van der Waals surface area contributed by atoms with Crippen LogP contribution in [-0.4, -0.2) is 24.1 Å². The van der Waals surface area contributed by atoms with E-state index in [1.54, 1.807) is 0 Å². The van der Waals surface area contributed by atoms with Crippen molar-refractivity contribution in [2.24, 2.45) is 0 Å². The van der Waals surface area contributed by atoms with E-state index in [4.69, 9.17) is 0 Å². The maximum atomic E-state index is 9.38. The molecule has 0 radical (unpaired) electrons. The summed E-state index contributed by atoms with van der Waals surface area (Å²) in [5.74, 6) is 0.698. The van der Waals surface area contributed by atoms with Gasteiger partial charge in [0.15, 0.2) is 0 Å². The Kier molecular flexibility index (Phi) is 4.13. The van der Waals surface area contributed by atoms with E-state index in [0.717, 1.165) is 37.1 Å². The van der Waals surface area contributed by atoms with Crippen molar-refractivity contribution < 1.29 is 0 Å². The second-order valence-corrected chi connectivity index (χ2v) is 5.27. The predicted molar refractivity (Wildman–Crippen MR) is 83.9 cm³/mol. The topological polar surface area (TPSA) is 60.7 Å². The normalized spacial score (nSPS) is 15.4. The standard InChI is InChI=1S/C17H18N4/c18-11-14-10-15(13-4-2-1-3-5-13)12-20-17(14)21-16-6-8-19-9-7-16/h1-5,10,12,16,19H,6-9H2,(H,20,21). The Balaban J connectivity index is 1.84. The van der Waals surface area contributed by atoms with Gasteiger partial charge in [-0.1, -0.05) is 30.3 Å². The summed E-state index contributed by atoms with van der Waals surface area (Å²) in [7, 11) is 0. The van der Waals surface area contributed by atoms with E-state index in [-0.39, 0.29) is 0 Å². The SMILES string of the molecule is N#Cc1cc(-c2ccccc2)cnc1NC1CCNCC1. The molecule has 0 unspecified atom stereocenters. The van der Waals surface area contributed by atoms with Gasteiger partial charge in [0.2, 0.25) is 0 Å². The van der Waals surface area contributed by atoms with E-state index >= 15 is 0 Å². The first-order valence-corrected chi connectivity index (χ1v) is 7.29. The molecule has 0 spiro atoms. The van der Waals surface area contributed by atoms with Crippen molar-refractivity contribution in [1.29, 1.82) is 5.26 Å². The molecule has 4 heteroatoms. The van der Waals surface area contributed by atoms with Crippen molar-refractivity contribution in [2.75, 3.05) is 18.4 Å². The Morgan fingerprint density at radius 1 is 1.14 bits per heavy atom. The van der Waals surface area contributed by atoms with Gasteiger partial charge in [0.25, 0.3) is 0 Å². The minimum Gasteiger partial charge on any atom is -0.366 e. The summed E-state index contributed by atoms with van der Waals surface area (Å²) in [5.41, 5.74) is 2.66. The maximum Gasteiger partial charge on any atom is 0.144 e. The summed E-state index contributed by atoms with van der Waals surface area (Å²) >= 11 is 0. The van der Waals surface area contributed by atoms with Crippen LogP contribution in [0.3, 0.4) is 0 Å². The van der Waals surface area contributed by atoms with Crippen molar-refractivity contribution >= 4 is 5.82 Å². The second-order valence-electron chi connectivity index (χ2n) is 5.27. The Bertz CT molecular complexity index is 640. The van der Waals surface area contributed by atoms with Crippen LogP contribution in [0.4, 0.5) is 5.82 Å². The van der Waals surface area contributed by atoms with Crippen LogP contribution in [0.1, 0.15) is 18.4 Å². The van der Waals surface area contributed by atoms with Crippen molar-refractivity contribution in [3.8, 4) is 17.2 Å². The average Bonchev–Trinajstić information content (AvgIpc) is 2.57. The van der Waals surface area contributed by atoms with Gasteiger partial charge in [-0.2, -0.15) is 5.26 Å². The van der Waals surface area contributed by atoms with Crippen molar-refractivity contribution in [1.82, 2.24) is 10.3 Å². The van der Waals surface area contributed by atoms with E-state index in [1.165, 1.54) is 0 Å². The number of pyridine rings is 1. The number of hydrogen-bond donors (Lipinski definition) is 2. The summed E-state index contributed by atoms with van der Waals surface area (Å²) in [4.78, 5) is 4.47. The van der Waals surface area contributed by atoms with Gasteiger partial charge in [-0.25, -0.2) is 4.98 Å². The van der Waals surface area contributed by atoms with Gasteiger partial charge < -0.3 is 10.6 Å². The van der Waals surface area contributed by atoms with E-state index in [1.807, 2.05) is 42.6 Å². The fourth-order valence-corrected chi connectivity index (χ4v) is 2.61. The monoisotopic (exact) mass is 278 g/mol. The zero-order chi connectivity index (χ0) is 14.5. The minimum atomic E-state index is 0.397. The van der Waals surface area contributed by atoms with E-state index in [2.05, 4.69) is 21.7 Å². The lowest BCUT2D eigenvalue weighted by atomic mass is 10.0. The number of anilines is 1. The zero-order valence-corrected chi connectivity index (χ0v) is 11.8. The largest absolute Gasteiger partial charge is 0.366 e. The highest BCUT2D eigenvalue weighted by Crippen LogP contribution is 2.23. The molecule has 0 bridgehead atoms. The van der Waals surface area contributed by atoms with Gasteiger partial charge in [-0.3, -0.25) is 0 Å². The lowest BCUT2D eigenvalue weighted by Gasteiger charge is -2.24. The molecule has 1 aromatic heterocycles. The number of piperidine rings is 1. The average molecular weight is 278 g/mol. The van der Waals surface area contributed by atoms with Gasteiger partial charge in [0.1, 0.15) is 11.9 Å². The van der Waals surface area contributed by atoms with Crippen LogP contribution in [0.5, 0.6) is 0 Å². The summed E-state index contributed by atoms with van der Waals surface area (Å²) in [6.07, 6.45) is 3.96. The molecule has 2 N–H and O–H groups in total. The highest BCUT2D eigenvalue weighted by Gasteiger charge is 2.15. The minimum absolute atomic E-state index is 0.397. The molecule has 106 valence electrons. The number of nitrogens with zero attached hydrogens (tertiary/aromatic N) is 2. The van der Waals surface area contributed by atoms with Gasteiger partial charge in [0, 0.05) is 17.8 Å². The molecule has 2 aromatic rings. The van der Waals surface area contributed by atoms with Crippen LogP contribution in [-0.2, 0) is 0 Å². The summed E-state index contributed by atoms with van der Waals surface area (Å²) in [5, 5.41) is 16.1. The maximum absolute atomic E-state index is 9.38. The highest BCUT2D eigenvalue weighted by molar-refractivity contribution is 5.67. The van der Waals surface area contributed by atoms with Gasteiger partial charge in [-0.15, -0.1) is 0 Å². The predicted octanol–water partition coefficient (Wildman–Crippen LogP) is 2.78. The number of benzene rings is 1. The Morgan fingerprint density at radius 3 is 2.62 bits per heavy atom. The molecule has 1 aliphatic rings. The second kappa shape index (κ2) is 6.38. The first-order chi connectivity index (χ1) is 10.4. The molecular weight excluding hydrogens is 260 g/mol. The number of nitriles is 1. The molecular formula is C17H18N4. The van der Waals surface area contributed by atoms with Crippen molar-refractivity contribution in [3.63, 3.8) is 0 Å². The molecule has 1 aromatic carbocycles. The van der Waals surface area contributed by atoms with Crippen LogP contribution in [0.25, 0.3) is 11.1 Å². The summed E-state index contributed by atoms with van der Waals surface area (Å²) in [6.45, 7) is 2.03. The zero-order valence-electron chi connectivity index (χ0n) is 11.8. The molecule has 4 nitrogen and oxygen atoms in total.